The van der Waals surface area contributed by atoms with Crippen LogP contribution in [0.4, 0.5) is 23.0 Å². The third kappa shape index (κ3) is 5.79. The molecule has 0 aliphatic carbocycles. The number of benzene rings is 2. The first-order valence-electron chi connectivity index (χ1n) is 9.79. The molecule has 0 spiro atoms. The Balaban J connectivity index is 1.90. The molecule has 11 nitrogen and oxygen atoms in total. The van der Waals surface area contributed by atoms with Crippen molar-refractivity contribution in [2.24, 2.45) is 0 Å². The van der Waals surface area contributed by atoms with Crippen LogP contribution >= 0.6 is 0 Å². The minimum atomic E-state index is -0.691. The molecule has 170 valence electrons. The Morgan fingerprint density at radius 1 is 0.970 bits per heavy atom. The van der Waals surface area contributed by atoms with Crippen molar-refractivity contribution in [3.05, 3.63) is 81.7 Å². The molecule has 11 heteroatoms. The van der Waals surface area contributed by atoms with Gasteiger partial charge in [0.05, 0.1) is 30.3 Å². The number of nitrogens with zero attached hydrogens (tertiary/aromatic N) is 3. The summed E-state index contributed by atoms with van der Waals surface area (Å²) in [5.74, 6) is -1.46. The SMILES string of the molecule is COC(=O)c1cc(Nc2ncnc(NCCc3ccccc3)c2[N+](=O)[O-])cc(C(=O)OC)c1. The van der Waals surface area contributed by atoms with E-state index in [4.69, 9.17) is 9.47 Å². The minimum absolute atomic E-state index is 0.0331. The summed E-state index contributed by atoms with van der Waals surface area (Å²) in [6, 6.07) is 13.7. The van der Waals surface area contributed by atoms with Gasteiger partial charge in [-0.2, -0.15) is 0 Å². The van der Waals surface area contributed by atoms with Crippen molar-refractivity contribution in [2.45, 2.75) is 6.42 Å². The van der Waals surface area contributed by atoms with Crippen molar-refractivity contribution in [3.8, 4) is 0 Å². The van der Waals surface area contributed by atoms with E-state index in [9.17, 15) is 19.7 Å². The Morgan fingerprint density at radius 2 is 1.58 bits per heavy atom. The zero-order valence-electron chi connectivity index (χ0n) is 17.9. The quantitative estimate of drug-likeness (QED) is 0.282. The predicted molar refractivity (Wildman–Crippen MR) is 120 cm³/mol. The van der Waals surface area contributed by atoms with Crippen LogP contribution in [0.25, 0.3) is 0 Å². The number of carbonyl (C=O) groups excluding carboxylic acids is 2. The lowest BCUT2D eigenvalue weighted by atomic mass is 10.1. The first-order valence-corrected chi connectivity index (χ1v) is 9.79. The number of hydrogen-bond acceptors (Lipinski definition) is 10. The summed E-state index contributed by atoms with van der Waals surface area (Å²) in [5, 5.41) is 17.6. The number of rotatable bonds is 9. The molecule has 0 unspecified atom stereocenters. The van der Waals surface area contributed by atoms with Crippen LogP contribution in [0, 0.1) is 10.1 Å². The fourth-order valence-electron chi connectivity index (χ4n) is 3.05. The monoisotopic (exact) mass is 451 g/mol. The van der Waals surface area contributed by atoms with Crippen molar-refractivity contribution in [3.63, 3.8) is 0 Å². The van der Waals surface area contributed by atoms with Gasteiger partial charge in [0.25, 0.3) is 0 Å². The van der Waals surface area contributed by atoms with Crippen LogP contribution in [0.15, 0.2) is 54.9 Å². The first kappa shape index (κ1) is 23.1. The molecule has 2 N–H and O–H groups in total. The van der Waals surface area contributed by atoms with Crippen molar-refractivity contribution in [2.75, 3.05) is 31.4 Å². The van der Waals surface area contributed by atoms with E-state index < -0.39 is 16.9 Å². The second-order valence-electron chi connectivity index (χ2n) is 6.75. The molecule has 0 saturated heterocycles. The van der Waals surface area contributed by atoms with Crippen LogP contribution in [-0.4, -0.2) is 47.6 Å². The Kier molecular flexibility index (Phi) is 7.47. The number of anilines is 3. The summed E-state index contributed by atoms with van der Waals surface area (Å²) in [5.41, 5.74) is 1.00. The molecule has 0 aliphatic heterocycles. The highest BCUT2D eigenvalue weighted by Crippen LogP contribution is 2.31. The highest BCUT2D eigenvalue weighted by atomic mass is 16.6. The fraction of sp³-hybridized carbons (Fsp3) is 0.182. The molecular weight excluding hydrogens is 430 g/mol. The molecule has 2 aromatic carbocycles. The molecule has 0 bridgehead atoms. The van der Waals surface area contributed by atoms with Crippen LogP contribution in [0.5, 0.6) is 0 Å². The van der Waals surface area contributed by atoms with Gasteiger partial charge in [0.2, 0.25) is 11.6 Å². The molecule has 33 heavy (non-hydrogen) atoms. The minimum Gasteiger partial charge on any atom is -0.465 e. The summed E-state index contributed by atoms with van der Waals surface area (Å²) in [6.07, 6.45) is 1.81. The number of aromatic nitrogens is 2. The fourth-order valence-corrected chi connectivity index (χ4v) is 3.05. The third-order valence-corrected chi connectivity index (χ3v) is 4.59. The van der Waals surface area contributed by atoms with Gasteiger partial charge in [-0.1, -0.05) is 30.3 Å². The molecule has 0 saturated carbocycles. The summed E-state index contributed by atoms with van der Waals surface area (Å²) in [6.45, 7) is 0.408. The van der Waals surface area contributed by atoms with Crippen molar-refractivity contribution < 1.29 is 24.0 Å². The zero-order valence-corrected chi connectivity index (χ0v) is 17.9. The van der Waals surface area contributed by atoms with Gasteiger partial charge in [-0.05, 0) is 30.2 Å². The lowest BCUT2D eigenvalue weighted by molar-refractivity contribution is -0.383. The van der Waals surface area contributed by atoms with E-state index in [2.05, 4.69) is 20.6 Å². The topological polar surface area (TPSA) is 146 Å². The van der Waals surface area contributed by atoms with Gasteiger partial charge in [0, 0.05) is 12.2 Å². The standard InChI is InChI=1S/C22H21N5O6/c1-32-21(28)15-10-16(22(29)33-2)12-17(11-15)26-20-18(27(30)31)19(24-13-25-20)23-9-8-14-6-4-3-5-7-14/h3-7,10-13H,8-9H2,1-2H3,(H2,23,24,25,26). The average molecular weight is 451 g/mol. The second-order valence-corrected chi connectivity index (χ2v) is 6.75. The maximum atomic E-state index is 12.0. The van der Waals surface area contributed by atoms with Gasteiger partial charge in [0.15, 0.2) is 0 Å². The molecule has 0 atom stereocenters. The number of ether oxygens (including phenoxy) is 2. The van der Waals surface area contributed by atoms with Crippen LogP contribution in [0.2, 0.25) is 0 Å². The van der Waals surface area contributed by atoms with Crippen molar-refractivity contribution >= 4 is 34.9 Å². The largest absolute Gasteiger partial charge is 0.465 e. The second kappa shape index (κ2) is 10.7. The highest BCUT2D eigenvalue weighted by molar-refractivity contribution is 5.97. The number of hydrogen-bond donors (Lipinski definition) is 2. The maximum Gasteiger partial charge on any atom is 0.353 e. The Hall–Kier alpha value is -4.54. The molecular formula is C22H21N5O6. The number of methoxy groups -OCH3 is 2. The van der Waals surface area contributed by atoms with Gasteiger partial charge in [-0.15, -0.1) is 0 Å². The molecule has 1 heterocycles. The smallest absolute Gasteiger partial charge is 0.353 e. The third-order valence-electron chi connectivity index (χ3n) is 4.59. The normalized spacial score (nSPS) is 10.2. The number of nitrogens with one attached hydrogen (secondary N) is 2. The van der Waals surface area contributed by atoms with Crippen LogP contribution in [0.3, 0.4) is 0 Å². The maximum absolute atomic E-state index is 12.0. The van der Waals surface area contributed by atoms with E-state index in [1.54, 1.807) is 0 Å². The van der Waals surface area contributed by atoms with Gasteiger partial charge >= 0.3 is 17.6 Å². The average Bonchev–Trinajstić information content (AvgIpc) is 2.83. The molecule has 0 fully saturated rings. The summed E-state index contributed by atoms with van der Waals surface area (Å²) >= 11 is 0. The van der Waals surface area contributed by atoms with Gasteiger partial charge < -0.3 is 20.1 Å². The van der Waals surface area contributed by atoms with Gasteiger partial charge in [-0.3, -0.25) is 10.1 Å². The Bertz CT molecular complexity index is 1130. The van der Waals surface area contributed by atoms with Crippen molar-refractivity contribution in [1.82, 2.24) is 9.97 Å². The lowest BCUT2D eigenvalue weighted by Crippen LogP contribution is -2.11. The van der Waals surface area contributed by atoms with E-state index in [0.29, 0.717) is 13.0 Å². The Morgan fingerprint density at radius 3 is 2.15 bits per heavy atom. The first-order chi connectivity index (χ1) is 15.9. The number of nitro groups is 1. The van der Waals surface area contributed by atoms with E-state index in [1.807, 2.05) is 30.3 Å². The van der Waals surface area contributed by atoms with E-state index in [0.717, 1.165) is 5.56 Å². The van der Waals surface area contributed by atoms with Crippen LogP contribution in [0.1, 0.15) is 26.3 Å². The van der Waals surface area contributed by atoms with Crippen LogP contribution in [-0.2, 0) is 15.9 Å². The zero-order chi connectivity index (χ0) is 23.8. The summed E-state index contributed by atoms with van der Waals surface area (Å²) in [4.78, 5) is 43.2. The molecule has 0 amide bonds. The summed E-state index contributed by atoms with van der Waals surface area (Å²) in [7, 11) is 2.39. The van der Waals surface area contributed by atoms with E-state index >= 15 is 0 Å². The molecule has 3 aromatic rings. The molecule has 0 radical (unpaired) electrons. The van der Waals surface area contributed by atoms with E-state index in [-0.39, 0.29) is 34.1 Å². The van der Waals surface area contributed by atoms with Crippen LogP contribution < -0.4 is 10.6 Å². The predicted octanol–water partition coefficient (Wildman–Crippen LogP) is 3.36. The van der Waals surface area contributed by atoms with Gasteiger partial charge in [0.1, 0.15) is 6.33 Å². The molecule has 0 aliphatic rings. The van der Waals surface area contributed by atoms with Gasteiger partial charge in [-0.25, -0.2) is 19.6 Å². The Labute approximate surface area is 188 Å². The highest BCUT2D eigenvalue weighted by Gasteiger charge is 2.24. The summed E-state index contributed by atoms with van der Waals surface area (Å²) < 4.78 is 9.42. The number of carbonyl (C=O) groups is 2. The number of esters is 2. The van der Waals surface area contributed by atoms with Crippen molar-refractivity contribution in [1.29, 1.82) is 0 Å². The lowest BCUT2D eigenvalue weighted by Gasteiger charge is -2.12. The molecule has 3 rings (SSSR count). The molecule has 1 aromatic heterocycles. The van der Waals surface area contributed by atoms with E-state index in [1.165, 1.54) is 38.7 Å².